The molecule has 0 atom stereocenters. The molecule has 0 amide bonds. The maximum atomic E-state index is 13.2. The first-order valence-electron chi connectivity index (χ1n) is 5.54. The molecule has 2 aromatic heterocycles. The van der Waals surface area contributed by atoms with Gasteiger partial charge in [0.2, 0.25) is 0 Å². The highest BCUT2D eigenvalue weighted by Gasteiger charge is 2.23. The molecular formula is C14H8BrFO3. The van der Waals surface area contributed by atoms with Crippen LogP contribution in [-0.2, 0) is 0 Å². The molecule has 19 heavy (non-hydrogen) atoms. The van der Waals surface area contributed by atoms with Gasteiger partial charge in [0.15, 0.2) is 11.5 Å². The molecule has 0 aliphatic heterocycles. The van der Waals surface area contributed by atoms with Gasteiger partial charge < -0.3 is 8.83 Å². The molecule has 0 unspecified atom stereocenters. The van der Waals surface area contributed by atoms with E-state index in [1.807, 2.05) is 0 Å². The van der Waals surface area contributed by atoms with Gasteiger partial charge in [-0.05, 0) is 47.1 Å². The van der Waals surface area contributed by atoms with Crippen LogP contribution < -0.4 is 0 Å². The lowest BCUT2D eigenvalue weighted by atomic mass is 10.1. The molecule has 0 aliphatic carbocycles. The summed E-state index contributed by atoms with van der Waals surface area (Å²) in [4.78, 5) is 12.3. The average molecular weight is 323 g/mol. The first-order chi connectivity index (χ1) is 9.08. The number of halogens is 2. The summed E-state index contributed by atoms with van der Waals surface area (Å²) in [7, 11) is 0. The molecule has 1 aromatic carbocycles. The van der Waals surface area contributed by atoms with E-state index in [9.17, 15) is 9.18 Å². The third-order valence-electron chi connectivity index (χ3n) is 2.93. The standard InChI is InChI=1S/C14H8BrFO3/c1-7-9-6-8(16)2-3-11(9)19-13(7)12(17)14-10(15)4-5-18-14/h2-6H,1H3. The SMILES string of the molecule is Cc1c(C(=O)c2occc2Br)oc2ccc(F)cc12. The Kier molecular flexibility index (Phi) is 2.78. The second-order valence-electron chi connectivity index (χ2n) is 4.12. The lowest BCUT2D eigenvalue weighted by molar-refractivity contribution is 0.0983. The lowest BCUT2D eigenvalue weighted by Gasteiger charge is -1.95. The van der Waals surface area contributed by atoms with Crippen LogP contribution >= 0.6 is 15.9 Å². The summed E-state index contributed by atoms with van der Waals surface area (Å²) in [5.74, 6) is -0.403. The fourth-order valence-corrected chi connectivity index (χ4v) is 2.35. The summed E-state index contributed by atoms with van der Waals surface area (Å²) in [6, 6.07) is 5.78. The third-order valence-corrected chi connectivity index (χ3v) is 3.55. The van der Waals surface area contributed by atoms with Crippen LogP contribution in [-0.4, -0.2) is 5.78 Å². The quantitative estimate of drug-likeness (QED) is 0.654. The largest absolute Gasteiger partial charge is 0.459 e. The van der Waals surface area contributed by atoms with Crippen molar-refractivity contribution in [2.75, 3.05) is 0 Å². The van der Waals surface area contributed by atoms with Crippen LogP contribution in [0, 0.1) is 12.7 Å². The molecule has 0 saturated heterocycles. The maximum Gasteiger partial charge on any atom is 0.264 e. The molecule has 96 valence electrons. The van der Waals surface area contributed by atoms with Gasteiger partial charge in [-0.2, -0.15) is 0 Å². The maximum absolute atomic E-state index is 13.2. The van der Waals surface area contributed by atoms with Crippen molar-refractivity contribution >= 4 is 32.7 Å². The van der Waals surface area contributed by atoms with E-state index in [0.717, 1.165) is 0 Å². The van der Waals surface area contributed by atoms with Crippen LogP contribution in [0.15, 0.2) is 43.8 Å². The molecule has 3 aromatic rings. The summed E-state index contributed by atoms with van der Waals surface area (Å²) in [5.41, 5.74) is 1.08. The van der Waals surface area contributed by atoms with Crippen LogP contribution in [0.25, 0.3) is 11.0 Å². The zero-order valence-corrected chi connectivity index (χ0v) is 11.5. The fourth-order valence-electron chi connectivity index (χ4n) is 1.97. The Bertz CT molecular complexity index is 785. The number of aryl methyl sites for hydroxylation is 1. The van der Waals surface area contributed by atoms with Gasteiger partial charge in [-0.3, -0.25) is 4.79 Å². The minimum absolute atomic E-state index is 0.163. The van der Waals surface area contributed by atoms with E-state index in [0.29, 0.717) is 21.0 Å². The minimum Gasteiger partial charge on any atom is -0.459 e. The molecule has 2 heterocycles. The number of carbonyl (C=O) groups excluding carboxylic acids is 1. The average Bonchev–Trinajstić information content (AvgIpc) is 2.94. The Hall–Kier alpha value is -1.88. The normalized spacial score (nSPS) is 11.1. The van der Waals surface area contributed by atoms with Gasteiger partial charge in [-0.15, -0.1) is 0 Å². The Morgan fingerprint density at radius 3 is 2.74 bits per heavy atom. The number of hydrogen-bond acceptors (Lipinski definition) is 3. The number of ketones is 1. The Labute approximate surface area is 116 Å². The van der Waals surface area contributed by atoms with Crippen molar-refractivity contribution < 1.29 is 18.0 Å². The van der Waals surface area contributed by atoms with Crippen molar-refractivity contribution in [2.45, 2.75) is 6.92 Å². The molecule has 0 radical (unpaired) electrons. The van der Waals surface area contributed by atoms with E-state index in [1.54, 1.807) is 13.0 Å². The van der Waals surface area contributed by atoms with Gasteiger partial charge in [-0.25, -0.2) is 4.39 Å². The molecule has 3 nitrogen and oxygen atoms in total. The number of hydrogen-bond donors (Lipinski definition) is 0. The highest BCUT2D eigenvalue weighted by Crippen LogP contribution is 2.29. The highest BCUT2D eigenvalue weighted by atomic mass is 79.9. The number of rotatable bonds is 2. The molecule has 0 bridgehead atoms. The van der Waals surface area contributed by atoms with Gasteiger partial charge in [0.05, 0.1) is 10.7 Å². The smallest absolute Gasteiger partial charge is 0.264 e. The molecule has 3 rings (SSSR count). The zero-order chi connectivity index (χ0) is 13.6. The molecule has 0 fully saturated rings. The fraction of sp³-hybridized carbons (Fsp3) is 0.0714. The van der Waals surface area contributed by atoms with E-state index < -0.39 is 0 Å². The second-order valence-corrected chi connectivity index (χ2v) is 4.98. The van der Waals surface area contributed by atoms with Crippen LogP contribution in [0.4, 0.5) is 4.39 Å². The van der Waals surface area contributed by atoms with Gasteiger partial charge >= 0.3 is 0 Å². The monoisotopic (exact) mass is 322 g/mol. The Morgan fingerprint density at radius 1 is 1.26 bits per heavy atom. The van der Waals surface area contributed by atoms with Crippen molar-refractivity contribution in [3.8, 4) is 0 Å². The van der Waals surface area contributed by atoms with Crippen molar-refractivity contribution in [3.05, 3.63) is 57.9 Å². The summed E-state index contributed by atoms with van der Waals surface area (Å²) in [6.45, 7) is 1.72. The first-order valence-corrected chi connectivity index (χ1v) is 6.33. The van der Waals surface area contributed by atoms with Crippen LogP contribution in [0.3, 0.4) is 0 Å². The zero-order valence-electron chi connectivity index (χ0n) is 9.87. The summed E-state index contributed by atoms with van der Waals surface area (Å²) < 4.78 is 24.4. The first kappa shape index (κ1) is 12.2. The van der Waals surface area contributed by atoms with Gasteiger partial charge in [0.25, 0.3) is 5.78 Å². The van der Waals surface area contributed by atoms with Gasteiger partial charge in [0, 0.05) is 10.9 Å². The molecular weight excluding hydrogens is 315 g/mol. The van der Waals surface area contributed by atoms with Crippen molar-refractivity contribution in [1.29, 1.82) is 0 Å². The third kappa shape index (κ3) is 1.90. The van der Waals surface area contributed by atoms with Crippen molar-refractivity contribution in [3.63, 3.8) is 0 Å². The number of carbonyl (C=O) groups is 1. The second kappa shape index (κ2) is 4.35. The van der Waals surface area contributed by atoms with Crippen LogP contribution in [0.1, 0.15) is 21.9 Å². The van der Waals surface area contributed by atoms with Crippen molar-refractivity contribution in [2.24, 2.45) is 0 Å². The minimum atomic E-state index is -0.369. The van der Waals surface area contributed by atoms with Crippen LogP contribution in [0.2, 0.25) is 0 Å². The predicted octanol–water partition coefficient (Wildman–Crippen LogP) is 4.47. The highest BCUT2D eigenvalue weighted by molar-refractivity contribution is 9.10. The van der Waals surface area contributed by atoms with Crippen LogP contribution in [0.5, 0.6) is 0 Å². The van der Waals surface area contributed by atoms with E-state index in [2.05, 4.69) is 15.9 Å². The summed E-state index contributed by atoms with van der Waals surface area (Å²) >= 11 is 3.23. The van der Waals surface area contributed by atoms with Crippen molar-refractivity contribution in [1.82, 2.24) is 0 Å². The number of benzene rings is 1. The Balaban J connectivity index is 2.18. The number of furan rings is 2. The molecule has 0 spiro atoms. The predicted molar refractivity (Wildman–Crippen MR) is 70.7 cm³/mol. The van der Waals surface area contributed by atoms with E-state index >= 15 is 0 Å². The van der Waals surface area contributed by atoms with Gasteiger partial charge in [0.1, 0.15) is 11.4 Å². The van der Waals surface area contributed by atoms with E-state index in [-0.39, 0.29) is 23.1 Å². The molecule has 0 saturated carbocycles. The van der Waals surface area contributed by atoms with Gasteiger partial charge in [-0.1, -0.05) is 0 Å². The summed E-state index contributed by atoms with van der Waals surface area (Å²) in [6.07, 6.45) is 1.41. The molecule has 5 heteroatoms. The molecule has 0 aliphatic rings. The molecule has 0 N–H and O–H groups in total. The van der Waals surface area contributed by atoms with E-state index in [1.165, 1.54) is 24.5 Å². The number of fused-ring (bicyclic) bond motifs is 1. The summed E-state index contributed by atoms with van der Waals surface area (Å²) in [5, 5.41) is 0.589. The Morgan fingerprint density at radius 2 is 2.05 bits per heavy atom. The lowest BCUT2D eigenvalue weighted by Crippen LogP contribution is -2.00. The van der Waals surface area contributed by atoms with E-state index in [4.69, 9.17) is 8.83 Å². The topological polar surface area (TPSA) is 43.4 Å².